The van der Waals surface area contributed by atoms with E-state index >= 15 is 0 Å². The highest BCUT2D eigenvalue weighted by molar-refractivity contribution is 7.86. The molecule has 2 heterocycles. The summed E-state index contributed by atoms with van der Waals surface area (Å²) in [6, 6.07) is 0.205. The van der Waals surface area contributed by atoms with Crippen LogP contribution in [-0.2, 0) is 10.2 Å². The number of piperidine rings is 1. The number of fused-ring (bicyclic) bond motifs is 1. The zero-order chi connectivity index (χ0) is 12.8. The quantitative estimate of drug-likeness (QED) is 0.791. The van der Waals surface area contributed by atoms with Gasteiger partial charge in [-0.2, -0.15) is 17.0 Å². The van der Waals surface area contributed by atoms with Crippen molar-refractivity contribution in [3.63, 3.8) is 0 Å². The largest absolute Gasteiger partial charge is 0.327 e. The minimum absolute atomic E-state index is 0.205. The smallest absolute Gasteiger partial charge is 0.281 e. The number of rotatable bonds is 2. The molecule has 3 rings (SSSR count). The molecule has 3 unspecified atom stereocenters. The first-order chi connectivity index (χ1) is 8.59. The van der Waals surface area contributed by atoms with Crippen molar-refractivity contribution in [2.75, 3.05) is 26.2 Å². The Bertz CT molecular complexity index is 406. The third kappa shape index (κ3) is 2.09. The molecule has 104 valence electrons. The van der Waals surface area contributed by atoms with E-state index in [1.165, 1.54) is 0 Å². The fourth-order valence-corrected chi connectivity index (χ4v) is 5.50. The molecular weight excluding hydrogens is 250 g/mol. The highest BCUT2D eigenvalue weighted by Crippen LogP contribution is 2.38. The summed E-state index contributed by atoms with van der Waals surface area (Å²) in [6.07, 6.45) is 5.31. The number of hydrogen-bond acceptors (Lipinski definition) is 3. The molecule has 2 aliphatic heterocycles. The minimum atomic E-state index is -3.22. The fraction of sp³-hybridized carbons (Fsp3) is 1.00. The highest BCUT2D eigenvalue weighted by Gasteiger charge is 2.46. The Balaban J connectivity index is 1.71. The summed E-state index contributed by atoms with van der Waals surface area (Å²) in [5.41, 5.74) is 6.07. The van der Waals surface area contributed by atoms with Gasteiger partial charge in [0.15, 0.2) is 0 Å². The van der Waals surface area contributed by atoms with Crippen LogP contribution in [0.3, 0.4) is 0 Å². The van der Waals surface area contributed by atoms with Gasteiger partial charge in [0.05, 0.1) is 0 Å². The van der Waals surface area contributed by atoms with Crippen LogP contribution in [0.15, 0.2) is 0 Å². The van der Waals surface area contributed by atoms with Crippen LogP contribution in [0.4, 0.5) is 0 Å². The lowest BCUT2D eigenvalue weighted by molar-refractivity contribution is 0.310. The van der Waals surface area contributed by atoms with Gasteiger partial charge in [0.2, 0.25) is 0 Å². The second-order valence-electron chi connectivity index (χ2n) is 5.95. The predicted octanol–water partition coefficient (Wildman–Crippen LogP) is 0.386. The van der Waals surface area contributed by atoms with Crippen LogP contribution in [-0.4, -0.2) is 49.2 Å². The van der Waals surface area contributed by atoms with Crippen molar-refractivity contribution in [1.82, 2.24) is 8.61 Å². The zero-order valence-electron chi connectivity index (χ0n) is 10.8. The van der Waals surface area contributed by atoms with Crippen molar-refractivity contribution in [2.45, 2.75) is 38.1 Å². The van der Waals surface area contributed by atoms with Gasteiger partial charge in [-0.05, 0) is 37.5 Å². The van der Waals surface area contributed by atoms with Crippen molar-refractivity contribution in [1.29, 1.82) is 0 Å². The van der Waals surface area contributed by atoms with Gasteiger partial charge in [-0.3, -0.25) is 0 Å². The van der Waals surface area contributed by atoms with Crippen molar-refractivity contribution in [3.05, 3.63) is 0 Å². The Labute approximate surface area is 109 Å². The normalized spacial score (nSPS) is 39.1. The Kier molecular flexibility index (Phi) is 3.38. The first-order valence-corrected chi connectivity index (χ1v) is 8.49. The monoisotopic (exact) mass is 273 g/mol. The number of hydrogen-bond donors (Lipinski definition) is 1. The molecular formula is C12H23N3O2S. The molecule has 1 saturated carbocycles. The van der Waals surface area contributed by atoms with E-state index in [-0.39, 0.29) is 6.04 Å². The summed E-state index contributed by atoms with van der Waals surface area (Å²) >= 11 is 0. The third-order valence-corrected chi connectivity index (χ3v) is 6.81. The van der Waals surface area contributed by atoms with E-state index in [4.69, 9.17) is 5.73 Å². The average Bonchev–Trinajstić information content (AvgIpc) is 2.94. The molecule has 18 heavy (non-hydrogen) atoms. The van der Waals surface area contributed by atoms with Gasteiger partial charge in [0.25, 0.3) is 10.2 Å². The number of nitrogens with two attached hydrogens (primary N) is 1. The molecule has 0 aromatic carbocycles. The van der Waals surface area contributed by atoms with Crippen molar-refractivity contribution in [2.24, 2.45) is 17.6 Å². The van der Waals surface area contributed by atoms with Crippen LogP contribution in [0, 0.1) is 11.8 Å². The van der Waals surface area contributed by atoms with E-state index in [1.54, 1.807) is 8.61 Å². The van der Waals surface area contributed by atoms with Gasteiger partial charge in [-0.1, -0.05) is 6.42 Å². The van der Waals surface area contributed by atoms with E-state index in [0.717, 1.165) is 32.1 Å². The molecule has 3 fully saturated rings. The fourth-order valence-electron chi connectivity index (χ4n) is 3.71. The van der Waals surface area contributed by atoms with Crippen LogP contribution in [0.2, 0.25) is 0 Å². The van der Waals surface area contributed by atoms with Gasteiger partial charge < -0.3 is 5.73 Å². The molecule has 3 aliphatic rings. The van der Waals surface area contributed by atoms with Crippen molar-refractivity contribution >= 4 is 10.2 Å². The van der Waals surface area contributed by atoms with E-state index in [0.29, 0.717) is 38.0 Å². The van der Waals surface area contributed by atoms with E-state index in [2.05, 4.69) is 0 Å². The lowest BCUT2D eigenvalue weighted by Gasteiger charge is -2.30. The molecule has 2 saturated heterocycles. The van der Waals surface area contributed by atoms with E-state index < -0.39 is 10.2 Å². The topological polar surface area (TPSA) is 66.6 Å². The lowest BCUT2D eigenvalue weighted by atomic mass is 9.98. The van der Waals surface area contributed by atoms with Gasteiger partial charge in [0, 0.05) is 32.2 Å². The zero-order valence-corrected chi connectivity index (χ0v) is 11.6. The molecule has 0 spiro atoms. The first kappa shape index (κ1) is 12.8. The van der Waals surface area contributed by atoms with E-state index in [1.807, 2.05) is 0 Å². The molecule has 0 radical (unpaired) electrons. The maximum Gasteiger partial charge on any atom is 0.281 e. The van der Waals surface area contributed by atoms with Gasteiger partial charge >= 0.3 is 0 Å². The third-order valence-electron chi connectivity index (χ3n) is 4.85. The summed E-state index contributed by atoms with van der Waals surface area (Å²) in [4.78, 5) is 0. The van der Waals surface area contributed by atoms with Crippen LogP contribution in [0.5, 0.6) is 0 Å². The first-order valence-electron chi connectivity index (χ1n) is 7.10. The molecule has 2 N–H and O–H groups in total. The SMILES string of the molecule is NC1CCC2CN(S(=O)(=O)N3CCCCC3)CC12. The maximum absolute atomic E-state index is 12.5. The molecule has 0 aromatic rings. The average molecular weight is 273 g/mol. The molecule has 6 heteroatoms. The molecule has 3 atom stereocenters. The Morgan fingerprint density at radius 3 is 2.33 bits per heavy atom. The summed E-state index contributed by atoms with van der Waals surface area (Å²) in [5, 5.41) is 0. The molecule has 5 nitrogen and oxygen atoms in total. The van der Waals surface area contributed by atoms with E-state index in [9.17, 15) is 8.42 Å². The Hall–Kier alpha value is -0.170. The lowest BCUT2D eigenvalue weighted by Crippen LogP contribution is -2.45. The summed E-state index contributed by atoms with van der Waals surface area (Å²) in [6.45, 7) is 2.72. The van der Waals surface area contributed by atoms with Gasteiger partial charge in [-0.25, -0.2) is 0 Å². The molecule has 0 amide bonds. The minimum Gasteiger partial charge on any atom is -0.327 e. The maximum atomic E-state index is 12.5. The Morgan fingerprint density at radius 1 is 0.944 bits per heavy atom. The van der Waals surface area contributed by atoms with Crippen LogP contribution < -0.4 is 5.73 Å². The highest BCUT2D eigenvalue weighted by atomic mass is 32.2. The molecule has 0 bridgehead atoms. The summed E-state index contributed by atoms with van der Waals surface area (Å²) < 4.78 is 28.4. The standard InChI is InChI=1S/C12H23N3O2S/c13-12-5-4-10-8-15(9-11(10)12)18(16,17)14-6-2-1-3-7-14/h10-12H,1-9,13H2. The second-order valence-corrected chi connectivity index (χ2v) is 7.88. The summed E-state index contributed by atoms with van der Waals surface area (Å²) in [7, 11) is -3.22. The van der Waals surface area contributed by atoms with Crippen LogP contribution in [0.25, 0.3) is 0 Å². The van der Waals surface area contributed by atoms with Gasteiger partial charge in [-0.15, -0.1) is 0 Å². The van der Waals surface area contributed by atoms with Crippen LogP contribution in [0.1, 0.15) is 32.1 Å². The summed E-state index contributed by atoms with van der Waals surface area (Å²) in [5.74, 6) is 0.893. The van der Waals surface area contributed by atoms with Gasteiger partial charge in [0.1, 0.15) is 0 Å². The number of nitrogens with zero attached hydrogens (tertiary/aromatic N) is 2. The van der Waals surface area contributed by atoms with Crippen molar-refractivity contribution < 1.29 is 8.42 Å². The predicted molar refractivity (Wildman–Crippen MR) is 70.1 cm³/mol. The second kappa shape index (κ2) is 4.74. The van der Waals surface area contributed by atoms with Crippen LogP contribution >= 0.6 is 0 Å². The Morgan fingerprint density at radius 2 is 1.67 bits per heavy atom. The molecule has 0 aromatic heterocycles. The molecule has 1 aliphatic carbocycles. The van der Waals surface area contributed by atoms with Crippen molar-refractivity contribution in [3.8, 4) is 0 Å².